The number of carbonyl (C=O) groups is 5. The van der Waals surface area contributed by atoms with Gasteiger partial charge in [0.2, 0.25) is 0 Å². The minimum atomic E-state index is -0.937. The maximum atomic E-state index is 12.8. The van der Waals surface area contributed by atoms with Gasteiger partial charge in [0.25, 0.3) is 0 Å². The van der Waals surface area contributed by atoms with Gasteiger partial charge in [0.15, 0.2) is 6.10 Å². The highest BCUT2D eigenvalue weighted by atomic mass is 16.6. The van der Waals surface area contributed by atoms with Crippen molar-refractivity contribution >= 4 is 29.8 Å². The first-order valence-electron chi connectivity index (χ1n) is 25.5. The van der Waals surface area contributed by atoms with Crippen molar-refractivity contribution in [3.8, 4) is 0 Å². The average Bonchev–Trinajstić information content (AvgIpc) is 3.24. The van der Waals surface area contributed by atoms with E-state index in [0.29, 0.717) is 51.2 Å². The number of hydrogen-bond donors (Lipinski definition) is 0. The zero-order chi connectivity index (χ0) is 45.9. The van der Waals surface area contributed by atoms with Crippen molar-refractivity contribution < 1.29 is 47.7 Å². The molecule has 11 heteroatoms. The molecule has 62 heavy (non-hydrogen) atoms. The van der Waals surface area contributed by atoms with Crippen LogP contribution in [0.5, 0.6) is 0 Å². The van der Waals surface area contributed by atoms with Crippen LogP contribution in [0, 0.1) is 5.92 Å². The summed E-state index contributed by atoms with van der Waals surface area (Å²) >= 11 is 0. The fourth-order valence-electron chi connectivity index (χ4n) is 7.44. The highest BCUT2D eigenvalue weighted by Crippen LogP contribution is 2.20. The normalized spacial score (nSPS) is 12.3. The Labute approximate surface area is 379 Å². The summed E-state index contributed by atoms with van der Waals surface area (Å²) in [7, 11) is 3.85. The number of unbranched alkanes of at least 4 members (excludes halogenated alkanes) is 17. The molecule has 2 atom stereocenters. The van der Waals surface area contributed by atoms with E-state index < -0.39 is 24.0 Å². The van der Waals surface area contributed by atoms with Crippen molar-refractivity contribution in [2.75, 3.05) is 40.5 Å². The monoisotopic (exact) mass is 882 g/mol. The summed E-state index contributed by atoms with van der Waals surface area (Å²) in [6.45, 7) is 9.59. The Balaban J connectivity index is 4.74. The SMILES string of the molecule is CCCCCCCCC(CCCCCCCC)OC(=O)CCCC(=O)OCC(COC(=O)CCCCCCC(=O)OCC(CCCC)CCCCCC)OC(=O)CCCN(C)C. The van der Waals surface area contributed by atoms with Crippen LogP contribution in [0.3, 0.4) is 0 Å². The maximum absolute atomic E-state index is 12.8. The first-order valence-corrected chi connectivity index (χ1v) is 25.5. The zero-order valence-electron chi connectivity index (χ0n) is 40.9. The van der Waals surface area contributed by atoms with E-state index in [1.54, 1.807) is 0 Å². The molecule has 0 aliphatic carbocycles. The third-order valence-corrected chi connectivity index (χ3v) is 11.4. The molecule has 0 rings (SSSR count). The molecule has 0 heterocycles. The van der Waals surface area contributed by atoms with Crippen molar-refractivity contribution in [2.24, 2.45) is 5.92 Å². The summed E-state index contributed by atoms with van der Waals surface area (Å²) in [6.07, 6.45) is 29.2. The minimum absolute atomic E-state index is 0.0221. The molecule has 11 nitrogen and oxygen atoms in total. The topological polar surface area (TPSA) is 135 Å². The highest BCUT2D eigenvalue weighted by molar-refractivity contribution is 5.73. The van der Waals surface area contributed by atoms with Gasteiger partial charge >= 0.3 is 29.8 Å². The third kappa shape index (κ3) is 40.1. The molecule has 0 bridgehead atoms. The van der Waals surface area contributed by atoms with Crippen LogP contribution >= 0.6 is 0 Å². The van der Waals surface area contributed by atoms with Crippen LogP contribution in [-0.4, -0.2) is 87.4 Å². The Bertz CT molecular complexity index is 1080. The molecule has 0 radical (unpaired) electrons. The maximum Gasteiger partial charge on any atom is 0.306 e. The lowest BCUT2D eigenvalue weighted by molar-refractivity contribution is -0.167. The largest absolute Gasteiger partial charge is 0.465 e. The summed E-state index contributed by atoms with van der Waals surface area (Å²) in [4.78, 5) is 65.1. The van der Waals surface area contributed by atoms with E-state index in [1.165, 1.54) is 77.0 Å². The lowest BCUT2D eigenvalue weighted by atomic mass is 9.96. The second kappa shape index (κ2) is 43.6. The van der Waals surface area contributed by atoms with Gasteiger partial charge in [-0.2, -0.15) is 0 Å². The number of ether oxygens (including phenoxy) is 5. The average molecular weight is 882 g/mol. The molecule has 0 aromatic carbocycles. The van der Waals surface area contributed by atoms with E-state index in [-0.39, 0.29) is 56.9 Å². The Morgan fingerprint density at radius 2 is 0.710 bits per heavy atom. The predicted molar refractivity (Wildman–Crippen MR) is 250 cm³/mol. The zero-order valence-corrected chi connectivity index (χ0v) is 40.9. The second-order valence-electron chi connectivity index (χ2n) is 17.9. The van der Waals surface area contributed by atoms with Crippen LogP contribution in [0.1, 0.15) is 240 Å². The lowest BCUT2D eigenvalue weighted by Gasteiger charge is -2.19. The van der Waals surface area contributed by atoms with E-state index in [4.69, 9.17) is 23.7 Å². The van der Waals surface area contributed by atoms with E-state index >= 15 is 0 Å². The molecule has 0 N–H and O–H groups in total. The molecule has 0 aromatic rings. The molecule has 0 aromatic heterocycles. The highest BCUT2D eigenvalue weighted by Gasteiger charge is 2.21. The van der Waals surface area contributed by atoms with Crippen LogP contribution in [0.2, 0.25) is 0 Å². The molecule has 0 amide bonds. The molecule has 0 spiro atoms. The van der Waals surface area contributed by atoms with Gasteiger partial charge in [-0.05, 0) is 90.8 Å². The van der Waals surface area contributed by atoms with Gasteiger partial charge in [-0.1, -0.05) is 143 Å². The van der Waals surface area contributed by atoms with Crippen molar-refractivity contribution in [1.82, 2.24) is 4.90 Å². The summed E-state index contributed by atoms with van der Waals surface area (Å²) in [5.41, 5.74) is 0. The fraction of sp³-hybridized carbons (Fsp3) is 0.902. The minimum Gasteiger partial charge on any atom is -0.465 e. The number of esters is 5. The number of nitrogens with zero attached hydrogens (tertiary/aromatic N) is 1. The second-order valence-corrected chi connectivity index (χ2v) is 17.9. The quantitative estimate of drug-likeness (QED) is 0.0328. The third-order valence-electron chi connectivity index (χ3n) is 11.4. The van der Waals surface area contributed by atoms with E-state index in [2.05, 4.69) is 27.7 Å². The molecule has 0 fully saturated rings. The molecule has 0 aliphatic heterocycles. The Hall–Kier alpha value is -2.69. The Morgan fingerprint density at radius 3 is 1.21 bits per heavy atom. The number of carbonyl (C=O) groups excluding carboxylic acids is 5. The molecule has 2 unspecified atom stereocenters. The summed E-state index contributed by atoms with van der Waals surface area (Å²) in [6, 6.07) is 0. The lowest BCUT2D eigenvalue weighted by Crippen LogP contribution is -2.31. The Morgan fingerprint density at radius 1 is 0.355 bits per heavy atom. The molecular formula is C51H95NO10. The standard InChI is InChI=1S/C51H95NO10/c1-7-11-15-18-20-25-33-45(34-26-21-19-16-12-8-2)61-50(56)38-29-37-49(55)60-43-46(62-51(57)39-30-40-52(5)6)42-59-48(54)36-28-23-22-27-35-47(53)58-41-44(31-14-10-4)32-24-17-13-9-3/h44-46H,7-43H2,1-6H3. The van der Waals surface area contributed by atoms with Crippen LogP contribution in [0.4, 0.5) is 0 Å². The van der Waals surface area contributed by atoms with Crippen LogP contribution < -0.4 is 0 Å². The van der Waals surface area contributed by atoms with Gasteiger partial charge in [-0.3, -0.25) is 24.0 Å². The van der Waals surface area contributed by atoms with Gasteiger partial charge in [0.05, 0.1) is 6.61 Å². The van der Waals surface area contributed by atoms with E-state index in [0.717, 1.165) is 77.0 Å². The molecule has 0 aliphatic rings. The summed E-state index contributed by atoms with van der Waals surface area (Å²) < 4.78 is 28.0. The van der Waals surface area contributed by atoms with Crippen molar-refractivity contribution in [2.45, 2.75) is 252 Å². The Kier molecular flexibility index (Phi) is 41.7. The fourth-order valence-corrected chi connectivity index (χ4v) is 7.44. The van der Waals surface area contributed by atoms with Crippen molar-refractivity contribution in [3.05, 3.63) is 0 Å². The van der Waals surface area contributed by atoms with E-state index in [9.17, 15) is 24.0 Å². The molecule has 0 saturated heterocycles. The number of rotatable bonds is 45. The van der Waals surface area contributed by atoms with Crippen LogP contribution in [0.15, 0.2) is 0 Å². The molecular weight excluding hydrogens is 787 g/mol. The first-order chi connectivity index (χ1) is 30.0. The predicted octanol–water partition coefficient (Wildman–Crippen LogP) is 12.6. The van der Waals surface area contributed by atoms with Crippen LogP contribution in [-0.2, 0) is 47.7 Å². The van der Waals surface area contributed by atoms with Gasteiger partial charge in [-0.15, -0.1) is 0 Å². The smallest absolute Gasteiger partial charge is 0.306 e. The van der Waals surface area contributed by atoms with Crippen molar-refractivity contribution in [1.29, 1.82) is 0 Å². The molecule has 0 saturated carbocycles. The summed E-state index contributed by atoms with van der Waals surface area (Å²) in [5.74, 6) is -1.38. The van der Waals surface area contributed by atoms with Gasteiger partial charge in [0, 0.05) is 32.1 Å². The summed E-state index contributed by atoms with van der Waals surface area (Å²) in [5, 5.41) is 0. The van der Waals surface area contributed by atoms with Crippen LogP contribution in [0.25, 0.3) is 0 Å². The van der Waals surface area contributed by atoms with Crippen molar-refractivity contribution in [3.63, 3.8) is 0 Å². The van der Waals surface area contributed by atoms with Gasteiger partial charge < -0.3 is 28.6 Å². The van der Waals surface area contributed by atoms with Gasteiger partial charge in [0.1, 0.15) is 19.3 Å². The number of hydrogen-bond acceptors (Lipinski definition) is 11. The first kappa shape index (κ1) is 59.3. The van der Waals surface area contributed by atoms with Gasteiger partial charge in [-0.25, -0.2) is 0 Å². The molecule has 364 valence electrons. The van der Waals surface area contributed by atoms with E-state index in [1.807, 2.05) is 19.0 Å².